The first-order valence-electron chi connectivity index (χ1n) is 7.29. The zero-order valence-electron chi connectivity index (χ0n) is 13.1. The monoisotopic (exact) mass is 488 g/mol. The molecule has 2 aromatic carbocycles. The third-order valence-corrected chi connectivity index (χ3v) is 7.00. The van der Waals surface area contributed by atoms with Gasteiger partial charge in [-0.3, -0.25) is 9.10 Å². The van der Waals surface area contributed by atoms with Crippen LogP contribution in [0.5, 0.6) is 5.75 Å². The van der Waals surface area contributed by atoms with Gasteiger partial charge in [0, 0.05) is 16.0 Å². The van der Waals surface area contributed by atoms with E-state index in [2.05, 4.69) is 37.2 Å². The molecule has 9 heteroatoms. The van der Waals surface area contributed by atoms with Crippen molar-refractivity contribution in [2.75, 3.05) is 17.9 Å². The zero-order chi connectivity index (χ0) is 18.2. The van der Waals surface area contributed by atoms with E-state index in [1.807, 2.05) is 0 Å². The maximum absolute atomic E-state index is 13.3. The molecular formula is C16H14Br2N2O4S. The third kappa shape index (κ3) is 3.40. The Labute approximate surface area is 162 Å². The molecule has 1 N–H and O–H groups in total. The van der Waals surface area contributed by atoms with Crippen LogP contribution in [-0.4, -0.2) is 34.0 Å². The van der Waals surface area contributed by atoms with Gasteiger partial charge in [0.25, 0.3) is 15.9 Å². The summed E-state index contributed by atoms with van der Waals surface area (Å²) in [6, 6.07) is 11.7. The second-order valence-corrected chi connectivity index (χ2v) is 8.90. The van der Waals surface area contributed by atoms with Crippen molar-refractivity contribution in [2.24, 2.45) is 0 Å². The molecule has 0 fully saturated rings. The molecule has 3 rings (SSSR count). The largest absolute Gasteiger partial charge is 0.476 e. The number of nitrogens with zero attached hydrogens (tertiary/aromatic N) is 1. The molecule has 1 atom stereocenters. The highest BCUT2D eigenvalue weighted by molar-refractivity contribution is 9.11. The summed E-state index contributed by atoms with van der Waals surface area (Å²) < 4.78 is 34.5. The molecule has 2 aromatic rings. The predicted molar refractivity (Wildman–Crippen MR) is 101 cm³/mol. The van der Waals surface area contributed by atoms with Crippen molar-refractivity contribution in [3.05, 3.63) is 51.4 Å². The van der Waals surface area contributed by atoms with Gasteiger partial charge in [0.1, 0.15) is 10.6 Å². The van der Waals surface area contributed by atoms with Gasteiger partial charge in [-0.15, -0.1) is 0 Å². The van der Waals surface area contributed by atoms with Crippen molar-refractivity contribution >= 4 is 53.5 Å². The number of nitrogens with one attached hydrogen (secondary N) is 1. The van der Waals surface area contributed by atoms with Crippen molar-refractivity contribution in [3.8, 4) is 5.75 Å². The number of ether oxygens (including phenoxy) is 1. The number of anilines is 1. The quantitative estimate of drug-likeness (QED) is 0.719. The number of amides is 1. The number of hydrogen-bond donors (Lipinski definition) is 1. The van der Waals surface area contributed by atoms with Crippen LogP contribution in [0.25, 0.3) is 0 Å². The number of sulfonamides is 1. The van der Waals surface area contributed by atoms with Crippen LogP contribution in [0, 0.1) is 0 Å². The van der Waals surface area contributed by atoms with E-state index in [-0.39, 0.29) is 17.3 Å². The number of carbonyl (C=O) groups is 1. The minimum Gasteiger partial charge on any atom is -0.476 e. The smallest absolute Gasteiger partial charge is 0.265 e. The van der Waals surface area contributed by atoms with Gasteiger partial charge in [-0.25, -0.2) is 8.42 Å². The van der Waals surface area contributed by atoms with Gasteiger partial charge in [-0.05, 0) is 46.3 Å². The van der Waals surface area contributed by atoms with E-state index in [0.29, 0.717) is 20.4 Å². The van der Waals surface area contributed by atoms with Gasteiger partial charge in [0.2, 0.25) is 0 Å². The minimum absolute atomic E-state index is 0.106. The summed E-state index contributed by atoms with van der Waals surface area (Å²) in [5.41, 5.74) is 0.398. The summed E-state index contributed by atoms with van der Waals surface area (Å²) in [6.45, 7) is -0.113. The average molecular weight is 490 g/mol. The summed E-state index contributed by atoms with van der Waals surface area (Å²) in [6.07, 6.45) is -0.930. The van der Waals surface area contributed by atoms with E-state index in [1.165, 1.54) is 17.4 Å². The Hall–Kier alpha value is -1.58. The van der Waals surface area contributed by atoms with Gasteiger partial charge in [-0.2, -0.15) is 0 Å². The molecule has 0 aliphatic carbocycles. The minimum atomic E-state index is -3.91. The second-order valence-electron chi connectivity index (χ2n) is 5.30. The fourth-order valence-corrected chi connectivity index (χ4v) is 5.46. The lowest BCUT2D eigenvalue weighted by molar-refractivity contribution is -0.127. The van der Waals surface area contributed by atoms with E-state index >= 15 is 0 Å². The van der Waals surface area contributed by atoms with E-state index in [1.54, 1.807) is 36.4 Å². The van der Waals surface area contributed by atoms with E-state index in [9.17, 15) is 13.2 Å². The summed E-state index contributed by atoms with van der Waals surface area (Å²) in [5.74, 6) is -0.0416. The fourth-order valence-electron chi connectivity index (χ4n) is 2.52. The Bertz CT molecular complexity index is 933. The zero-order valence-corrected chi connectivity index (χ0v) is 17.1. The molecule has 0 aromatic heterocycles. The van der Waals surface area contributed by atoms with E-state index in [0.717, 1.165) is 0 Å². The molecule has 1 aliphatic rings. The molecule has 6 nitrogen and oxygen atoms in total. The van der Waals surface area contributed by atoms with Crippen LogP contribution in [0.4, 0.5) is 5.69 Å². The number of likely N-dealkylation sites (N-methyl/N-ethyl adjacent to an activating group) is 1. The molecule has 132 valence electrons. The van der Waals surface area contributed by atoms with Gasteiger partial charge in [-0.1, -0.05) is 28.1 Å². The Morgan fingerprint density at radius 3 is 2.68 bits per heavy atom. The lowest BCUT2D eigenvalue weighted by atomic mass is 10.2. The lowest BCUT2D eigenvalue weighted by Crippen LogP contribution is -2.50. The van der Waals surface area contributed by atoms with Gasteiger partial charge in [0.15, 0.2) is 6.10 Å². The lowest BCUT2D eigenvalue weighted by Gasteiger charge is -2.34. The molecule has 0 spiro atoms. The molecule has 0 bridgehead atoms. The fraction of sp³-hybridized carbons (Fsp3) is 0.188. The highest BCUT2D eigenvalue weighted by Crippen LogP contribution is 2.38. The SMILES string of the molecule is CNC(=O)C1CN(S(=O)(=O)c2cc(Br)ccc2Br)c2ccccc2O1. The summed E-state index contributed by atoms with van der Waals surface area (Å²) in [4.78, 5) is 12.1. The van der Waals surface area contributed by atoms with Crippen molar-refractivity contribution in [1.82, 2.24) is 5.32 Å². The maximum Gasteiger partial charge on any atom is 0.265 e. The Morgan fingerprint density at radius 1 is 1.24 bits per heavy atom. The van der Waals surface area contributed by atoms with Crippen LogP contribution in [0.15, 0.2) is 56.3 Å². The van der Waals surface area contributed by atoms with Gasteiger partial charge in [0.05, 0.1) is 12.2 Å². The van der Waals surface area contributed by atoms with Crippen LogP contribution < -0.4 is 14.4 Å². The second kappa shape index (κ2) is 6.97. The summed E-state index contributed by atoms with van der Waals surface area (Å²) >= 11 is 6.59. The molecule has 1 heterocycles. The molecule has 25 heavy (non-hydrogen) atoms. The van der Waals surface area contributed by atoms with Crippen LogP contribution in [0.3, 0.4) is 0 Å². The van der Waals surface area contributed by atoms with Crippen LogP contribution in [0.1, 0.15) is 0 Å². The Morgan fingerprint density at radius 2 is 1.96 bits per heavy atom. The van der Waals surface area contributed by atoms with Crippen LogP contribution >= 0.6 is 31.9 Å². The van der Waals surface area contributed by atoms with Crippen molar-refractivity contribution < 1.29 is 17.9 Å². The highest BCUT2D eigenvalue weighted by atomic mass is 79.9. The number of benzene rings is 2. The number of fused-ring (bicyclic) bond motifs is 1. The Kier molecular flexibility index (Phi) is 5.08. The number of rotatable bonds is 3. The highest BCUT2D eigenvalue weighted by Gasteiger charge is 2.37. The van der Waals surface area contributed by atoms with Gasteiger partial charge < -0.3 is 10.1 Å². The van der Waals surface area contributed by atoms with E-state index < -0.39 is 16.1 Å². The first-order chi connectivity index (χ1) is 11.8. The van der Waals surface area contributed by atoms with Crippen LogP contribution in [0.2, 0.25) is 0 Å². The van der Waals surface area contributed by atoms with E-state index in [4.69, 9.17) is 4.74 Å². The molecule has 0 saturated heterocycles. The summed E-state index contributed by atoms with van der Waals surface area (Å²) in [7, 11) is -2.42. The number of para-hydroxylation sites is 2. The normalized spacial score (nSPS) is 16.8. The molecular weight excluding hydrogens is 476 g/mol. The average Bonchev–Trinajstić information content (AvgIpc) is 2.61. The number of carbonyl (C=O) groups excluding carboxylic acids is 1. The molecule has 0 radical (unpaired) electrons. The standard InChI is InChI=1S/C16H14Br2N2O4S/c1-19-16(21)14-9-20(12-4-2-3-5-13(12)24-14)25(22,23)15-8-10(17)6-7-11(15)18/h2-8,14H,9H2,1H3,(H,19,21). The predicted octanol–water partition coefficient (Wildman–Crippen LogP) is 2.91. The third-order valence-electron chi connectivity index (χ3n) is 3.73. The van der Waals surface area contributed by atoms with Gasteiger partial charge >= 0.3 is 0 Å². The van der Waals surface area contributed by atoms with Crippen molar-refractivity contribution in [1.29, 1.82) is 0 Å². The number of hydrogen-bond acceptors (Lipinski definition) is 4. The van der Waals surface area contributed by atoms with Crippen LogP contribution in [-0.2, 0) is 14.8 Å². The number of halogens is 2. The topological polar surface area (TPSA) is 75.7 Å². The first kappa shape index (κ1) is 18.2. The Balaban J connectivity index is 2.13. The molecule has 1 amide bonds. The van der Waals surface area contributed by atoms with Crippen molar-refractivity contribution in [3.63, 3.8) is 0 Å². The molecule has 0 saturated carbocycles. The summed E-state index contributed by atoms with van der Waals surface area (Å²) in [5, 5.41) is 2.50. The van der Waals surface area contributed by atoms with Crippen molar-refractivity contribution in [2.45, 2.75) is 11.0 Å². The molecule has 1 aliphatic heterocycles. The molecule has 1 unspecified atom stereocenters. The maximum atomic E-state index is 13.3. The first-order valence-corrected chi connectivity index (χ1v) is 10.3.